The first-order valence-corrected chi connectivity index (χ1v) is 10.5. The summed E-state index contributed by atoms with van der Waals surface area (Å²) < 4.78 is 0.956. The van der Waals surface area contributed by atoms with Gasteiger partial charge in [-0.05, 0) is 42.3 Å². The number of rotatable bonds is 5. The van der Waals surface area contributed by atoms with Crippen LogP contribution in [0.4, 0.5) is 0 Å². The van der Waals surface area contributed by atoms with Crippen LogP contribution < -0.4 is 0 Å². The maximum absolute atomic E-state index is 13.2. The summed E-state index contributed by atoms with van der Waals surface area (Å²) in [6.45, 7) is 1.90. The SMILES string of the molecule is Cc1nc2ccc(Br)cc2c(-c2ccccc2)c1C(=O)C=CC=Cc1ccccc1. The molecule has 1 heterocycles. The topological polar surface area (TPSA) is 30.0 Å². The predicted molar refractivity (Wildman–Crippen MR) is 129 cm³/mol. The summed E-state index contributed by atoms with van der Waals surface area (Å²) in [4.78, 5) is 17.9. The van der Waals surface area contributed by atoms with E-state index in [4.69, 9.17) is 4.98 Å². The molecule has 0 bridgehead atoms. The number of benzene rings is 3. The van der Waals surface area contributed by atoms with E-state index in [2.05, 4.69) is 15.9 Å². The van der Waals surface area contributed by atoms with E-state index in [1.54, 1.807) is 12.2 Å². The lowest BCUT2D eigenvalue weighted by atomic mass is 9.92. The largest absolute Gasteiger partial charge is 0.289 e. The van der Waals surface area contributed by atoms with Crippen molar-refractivity contribution in [3.63, 3.8) is 0 Å². The number of carbonyl (C=O) groups is 1. The third kappa shape index (κ3) is 4.32. The first kappa shape index (κ1) is 20.0. The van der Waals surface area contributed by atoms with Crippen LogP contribution in [0, 0.1) is 6.92 Å². The van der Waals surface area contributed by atoms with E-state index in [0.717, 1.165) is 37.8 Å². The number of hydrogen-bond acceptors (Lipinski definition) is 2. The fourth-order valence-electron chi connectivity index (χ4n) is 3.52. The summed E-state index contributed by atoms with van der Waals surface area (Å²) in [7, 11) is 0. The van der Waals surface area contributed by atoms with Crippen LogP contribution >= 0.6 is 15.9 Å². The molecule has 0 fully saturated rings. The van der Waals surface area contributed by atoms with Crippen LogP contribution in [0.2, 0.25) is 0 Å². The molecule has 0 aliphatic carbocycles. The van der Waals surface area contributed by atoms with Gasteiger partial charge >= 0.3 is 0 Å². The normalized spacial score (nSPS) is 11.5. The first-order valence-electron chi connectivity index (χ1n) is 9.73. The van der Waals surface area contributed by atoms with Gasteiger partial charge in [0.2, 0.25) is 0 Å². The van der Waals surface area contributed by atoms with Gasteiger partial charge in [-0.3, -0.25) is 9.78 Å². The summed E-state index contributed by atoms with van der Waals surface area (Å²) in [6, 6.07) is 26.0. The Morgan fingerprint density at radius 1 is 0.900 bits per heavy atom. The first-order chi connectivity index (χ1) is 14.6. The van der Waals surface area contributed by atoms with Gasteiger partial charge in [0.25, 0.3) is 0 Å². The zero-order chi connectivity index (χ0) is 20.9. The molecule has 3 aromatic carbocycles. The summed E-state index contributed by atoms with van der Waals surface area (Å²) in [6.07, 6.45) is 7.26. The Morgan fingerprint density at radius 3 is 2.33 bits per heavy atom. The predicted octanol–water partition coefficient (Wildman–Crippen LogP) is 7.43. The van der Waals surface area contributed by atoms with Crippen LogP contribution in [0.5, 0.6) is 0 Å². The molecule has 0 N–H and O–H groups in total. The maximum Gasteiger partial charge on any atom is 0.188 e. The minimum atomic E-state index is -0.0570. The van der Waals surface area contributed by atoms with Crippen molar-refractivity contribution in [1.82, 2.24) is 4.98 Å². The molecule has 30 heavy (non-hydrogen) atoms. The molecule has 146 valence electrons. The van der Waals surface area contributed by atoms with E-state index >= 15 is 0 Å². The average molecular weight is 454 g/mol. The number of ketones is 1. The molecule has 0 saturated heterocycles. The zero-order valence-corrected chi connectivity index (χ0v) is 18.1. The Morgan fingerprint density at radius 2 is 1.60 bits per heavy atom. The van der Waals surface area contributed by atoms with Crippen LogP contribution in [-0.2, 0) is 0 Å². The van der Waals surface area contributed by atoms with Crippen LogP contribution in [0.25, 0.3) is 28.1 Å². The molecule has 0 atom stereocenters. The number of nitrogens with zero attached hydrogens (tertiary/aromatic N) is 1. The molecule has 1 aromatic heterocycles. The van der Waals surface area contributed by atoms with Crippen molar-refractivity contribution >= 4 is 38.7 Å². The second-order valence-corrected chi connectivity index (χ2v) is 7.88. The van der Waals surface area contributed by atoms with Crippen molar-refractivity contribution in [3.8, 4) is 11.1 Å². The minimum Gasteiger partial charge on any atom is -0.289 e. The van der Waals surface area contributed by atoms with Crippen molar-refractivity contribution in [1.29, 1.82) is 0 Å². The minimum absolute atomic E-state index is 0.0570. The van der Waals surface area contributed by atoms with Gasteiger partial charge in [-0.1, -0.05) is 94.8 Å². The van der Waals surface area contributed by atoms with Crippen molar-refractivity contribution in [3.05, 3.63) is 118 Å². The third-order valence-corrected chi connectivity index (χ3v) is 5.38. The molecule has 0 amide bonds. The van der Waals surface area contributed by atoms with E-state index in [1.165, 1.54) is 0 Å². The fourth-order valence-corrected chi connectivity index (χ4v) is 3.88. The van der Waals surface area contributed by atoms with E-state index in [1.807, 2.05) is 97.9 Å². The van der Waals surface area contributed by atoms with Gasteiger partial charge < -0.3 is 0 Å². The molecule has 0 spiro atoms. The average Bonchev–Trinajstić information content (AvgIpc) is 2.77. The quantitative estimate of drug-likeness (QED) is 0.178. The molecule has 0 aliphatic rings. The second kappa shape index (κ2) is 9.02. The molecule has 0 radical (unpaired) electrons. The molecule has 3 heteroatoms. The van der Waals surface area contributed by atoms with E-state index < -0.39 is 0 Å². The molecular weight excluding hydrogens is 434 g/mol. The van der Waals surface area contributed by atoms with Crippen molar-refractivity contribution in [2.24, 2.45) is 0 Å². The van der Waals surface area contributed by atoms with Gasteiger partial charge in [0, 0.05) is 21.1 Å². The Bertz CT molecular complexity index is 1260. The summed E-state index contributed by atoms with van der Waals surface area (Å²) in [5, 5.41) is 0.956. The fraction of sp³-hybridized carbons (Fsp3) is 0.0370. The third-order valence-electron chi connectivity index (χ3n) is 4.88. The van der Waals surface area contributed by atoms with Crippen LogP contribution in [0.1, 0.15) is 21.6 Å². The second-order valence-electron chi connectivity index (χ2n) is 6.97. The summed E-state index contributed by atoms with van der Waals surface area (Å²) >= 11 is 3.56. The van der Waals surface area contributed by atoms with Gasteiger partial charge in [-0.25, -0.2) is 0 Å². The lowest BCUT2D eigenvalue weighted by molar-refractivity contribution is 0.104. The standard InChI is InChI=1S/C27H20BrNO/c1-19-26(25(30)15-9-8-12-20-10-4-2-5-11-20)27(21-13-6-3-7-14-21)23-18-22(28)16-17-24(23)29-19/h2-18H,1H3. The van der Waals surface area contributed by atoms with Crippen LogP contribution in [0.15, 0.2) is 102 Å². The molecule has 4 rings (SSSR count). The Hall–Kier alpha value is -3.30. The Kier molecular flexibility index (Phi) is 6.01. The molecule has 4 aromatic rings. The van der Waals surface area contributed by atoms with E-state index in [0.29, 0.717) is 5.56 Å². The van der Waals surface area contributed by atoms with E-state index in [9.17, 15) is 4.79 Å². The highest BCUT2D eigenvalue weighted by Crippen LogP contribution is 2.34. The number of hydrogen-bond donors (Lipinski definition) is 0. The number of aryl methyl sites for hydroxylation is 1. The highest BCUT2D eigenvalue weighted by atomic mass is 79.9. The number of fused-ring (bicyclic) bond motifs is 1. The number of allylic oxidation sites excluding steroid dienone is 3. The van der Waals surface area contributed by atoms with Crippen LogP contribution in [-0.4, -0.2) is 10.8 Å². The van der Waals surface area contributed by atoms with Gasteiger partial charge in [-0.2, -0.15) is 0 Å². The van der Waals surface area contributed by atoms with Crippen molar-refractivity contribution in [2.75, 3.05) is 0 Å². The summed E-state index contributed by atoms with van der Waals surface area (Å²) in [5.74, 6) is -0.0570. The maximum atomic E-state index is 13.2. The smallest absolute Gasteiger partial charge is 0.188 e. The molecular formula is C27H20BrNO. The molecule has 0 aliphatic heterocycles. The van der Waals surface area contributed by atoms with Gasteiger partial charge in [0.15, 0.2) is 5.78 Å². The highest BCUT2D eigenvalue weighted by Gasteiger charge is 2.18. The van der Waals surface area contributed by atoms with E-state index in [-0.39, 0.29) is 5.78 Å². The molecule has 2 nitrogen and oxygen atoms in total. The molecule has 0 unspecified atom stereocenters. The number of pyridine rings is 1. The number of aromatic nitrogens is 1. The molecule has 0 saturated carbocycles. The zero-order valence-electron chi connectivity index (χ0n) is 16.5. The van der Waals surface area contributed by atoms with Gasteiger partial charge in [-0.15, -0.1) is 0 Å². The van der Waals surface area contributed by atoms with Crippen molar-refractivity contribution < 1.29 is 4.79 Å². The van der Waals surface area contributed by atoms with Crippen molar-refractivity contribution in [2.45, 2.75) is 6.92 Å². The lowest BCUT2D eigenvalue weighted by Gasteiger charge is -2.14. The Balaban J connectivity index is 1.79. The number of halogens is 1. The Labute approximate surface area is 184 Å². The van der Waals surface area contributed by atoms with Gasteiger partial charge in [0.1, 0.15) is 0 Å². The monoisotopic (exact) mass is 453 g/mol. The lowest BCUT2D eigenvalue weighted by Crippen LogP contribution is -2.05. The number of carbonyl (C=O) groups excluding carboxylic acids is 1. The van der Waals surface area contributed by atoms with Gasteiger partial charge in [0.05, 0.1) is 11.1 Å². The summed E-state index contributed by atoms with van der Waals surface area (Å²) in [5.41, 5.74) is 5.25. The van der Waals surface area contributed by atoms with Crippen LogP contribution in [0.3, 0.4) is 0 Å². The highest BCUT2D eigenvalue weighted by molar-refractivity contribution is 9.10.